The molecule has 0 spiro atoms. The predicted octanol–water partition coefficient (Wildman–Crippen LogP) is 2.02. The zero-order chi connectivity index (χ0) is 15.4. The molecule has 7 heteroatoms. The molecule has 0 saturated heterocycles. The van der Waals surface area contributed by atoms with Crippen LogP contribution in [0.1, 0.15) is 28.7 Å². The summed E-state index contributed by atoms with van der Waals surface area (Å²) in [7, 11) is 0. The van der Waals surface area contributed by atoms with E-state index >= 15 is 0 Å². The predicted molar refractivity (Wildman–Crippen MR) is 75.7 cm³/mol. The van der Waals surface area contributed by atoms with Crippen molar-refractivity contribution in [2.24, 2.45) is 0 Å². The molecule has 0 aliphatic carbocycles. The molecule has 0 amide bonds. The number of hydrogen-bond acceptors (Lipinski definition) is 6. The van der Waals surface area contributed by atoms with Crippen molar-refractivity contribution in [3.63, 3.8) is 0 Å². The maximum atomic E-state index is 10.6. The summed E-state index contributed by atoms with van der Waals surface area (Å²) in [5.41, 5.74) is 2.44. The average molecular weight is 291 g/mol. The Labute approximate surface area is 121 Å². The van der Waals surface area contributed by atoms with Gasteiger partial charge in [0.2, 0.25) is 0 Å². The number of aromatic nitrogens is 1. The van der Waals surface area contributed by atoms with Crippen LogP contribution in [0.25, 0.3) is 0 Å². The lowest BCUT2D eigenvalue weighted by atomic mass is 10.1. The van der Waals surface area contributed by atoms with E-state index in [1.54, 1.807) is 12.1 Å². The van der Waals surface area contributed by atoms with Crippen molar-refractivity contribution in [2.45, 2.75) is 26.5 Å². The first kappa shape index (κ1) is 15.1. The molecule has 1 atom stereocenters. The summed E-state index contributed by atoms with van der Waals surface area (Å²) in [5.74, 6) is 0.754. The molecule has 7 nitrogen and oxygen atoms in total. The summed E-state index contributed by atoms with van der Waals surface area (Å²) in [6.45, 7) is 4.58. The third-order valence-electron chi connectivity index (χ3n) is 3.31. The van der Waals surface area contributed by atoms with Crippen LogP contribution in [0, 0.1) is 24.0 Å². The molecule has 1 heterocycles. The van der Waals surface area contributed by atoms with E-state index < -0.39 is 11.0 Å². The molecular formula is C14H17N3O4. The van der Waals surface area contributed by atoms with E-state index in [4.69, 9.17) is 4.52 Å². The van der Waals surface area contributed by atoms with E-state index in [1.807, 2.05) is 13.8 Å². The molecule has 0 bridgehead atoms. The summed E-state index contributed by atoms with van der Waals surface area (Å²) >= 11 is 0. The van der Waals surface area contributed by atoms with Gasteiger partial charge in [-0.15, -0.1) is 0 Å². The molecule has 1 aromatic heterocycles. The zero-order valence-electron chi connectivity index (χ0n) is 11.9. The first-order valence-corrected chi connectivity index (χ1v) is 6.54. The minimum atomic E-state index is -0.730. The summed E-state index contributed by atoms with van der Waals surface area (Å²) in [6.07, 6.45) is -0.730. The molecule has 0 aliphatic heterocycles. The van der Waals surface area contributed by atoms with Gasteiger partial charge in [0.15, 0.2) is 0 Å². The van der Waals surface area contributed by atoms with Gasteiger partial charge >= 0.3 is 0 Å². The summed E-state index contributed by atoms with van der Waals surface area (Å²) in [6, 6.07) is 5.88. The number of rotatable bonds is 6. The van der Waals surface area contributed by atoms with Crippen LogP contribution in [0.2, 0.25) is 0 Å². The maximum Gasteiger partial charge on any atom is 0.269 e. The first-order chi connectivity index (χ1) is 9.99. The molecule has 2 rings (SSSR count). The number of aliphatic hydroxyl groups excluding tert-OH is 1. The Kier molecular flexibility index (Phi) is 4.66. The fourth-order valence-corrected chi connectivity index (χ4v) is 2.02. The highest BCUT2D eigenvalue weighted by atomic mass is 16.6. The van der Waals surface area contributed by atoms with Gasteiger partial charge in [-0.1, -0.05) is 5.16 Å². The van der Waals surface area contributed by atoms with Crippen molar-refractivity contribution in [3.8, 4) is 0 Å². The first-order valence-electron chi connectivity index (χ1n) is 6.54. The second kappa shape index (κ2) is 6.47. The average Bonchev–Trinajstić information content (AvgIpc) is 2.79. The quantitative estimate of drug-likeness (QED) is 0.623. The van der Waals surface area contributed by atoms with E-state index in [2.05, 4.69) is 10.5 Å². The van der Waals surface area contributed by atoms with E-state index in [-0.39, 0.29) is 5.69 Å². The van der Waals surface area contributed by atoms with Crippen molar-refractivity contribution >= 4 is 5.69 Å². The van der Waals surface area contributed by atoms with E-state index in [1.165, 1.54) is 12.1 Å². The number of non-ortho nitro benzene ring substituents is 1. The molecule has 2 N–H and O–H groups in total. The summed E-state index contributed by atoms with van der Waals surface area (Å²) in [5, 5.41) is 27.6. The van der Waals surface area contributed by atoms with Crippen molar-refractivity contribution in [1.82, 2.24) is 10.5 Å². The second-order valence-corrected chi connectivity index (χ2v) is 4.80. The fraction of sp³-hybridized carbons (Fsp3) is 0.357. The molecule has 1 unspecified atom stereocenters. The second-order valence-electron chi connectivity index (χ2n) is 4.80. The molecule has 21 heavy (non-hydrogen) atoms. The molecule has 0 radical (unpaired) electrons. The van der Waals surface area contributed by atoms with E-state index in [9.17, 15) is 15.2 Å². The Morgan fingerprint density at radius 3 is 2.57 bits per heavy atom. The number of nitro benzene ring substituents is 1. The molecule has 1 aromatic carbocycles. The van der Waals surface area contributed by atoms with E-state index in [0.717, 1.165) is 17.0 Å². The fourth-order valence-electron chi connectivity index (χ4n) is 2.02. The number of aliphatic hydroxyl groups is 1. The molecule has 0 fully saturated rings. The van der Waals surface area contributed by atoms with Crippen molar-refractivity contribution in [3.05, 3.63) is 57.0 Å². The van der Waals surface area contributed by atoms with Crippen LogP contribution < -0.4 is 5.32 Å². The molecular weight excluding hydrogens is 274 g/mol. The minimum absolute atomic E-state index is 0.00892. The Bertz CT molecular complexity index is 602. The van der Waals surface area contributed by atoms with Gasteiger partial charge < -0.3 is 14.9 Å². The number of benzene rings is 1. The van der Waals surface area contributed by atoms with Gasteiger partial charge in [0.1, 0.15) is 5.76 Å². The highest BCUT2D eigenvalue weighted by Crippen LogP contribution is 2.18. The number of nitro groups is 1. The van der Waals surface area contributed by atoms with Gasteiger partial charge in [0.25, 0.3) is 5.69 Å². The van der Waals surface area contributed by atoms with Crippen LogP contribution in [0.4, 0.5) is 5.69 Å². The lowest BCUT2D eigenvalue weighted by Gasteiger charge is -2.12. The SMILES string of the molecule is Cc1noc(C)c1CNCC(O)c1ccc([N+](=O)[O-])cc1. The van der Waals surface area contributed by atoms with Crippen molar-refractivity contribution in [2.75, 3.05) is 6.54 Å². The normalized spacial score (nSPS) is 12.3. The van der Waals surface area contributed by atoms with Crippen molar-refractivity contribution in [1.29, 1.82) is 0 Å². The lowest BCUT2D eigenvalue weighted by Crippen LogP contribution is -2.21. The molecule has 0 aliphatic rings. The van der Waals surface area contributed by atoms with Crippen LogP contribution >= 0.6 is 0 Å². The van der Waals surface area contributed by atoms with E-state index in [0.29, 0.717) is 18.7 Å². The third-order valence-corrected chi connectivity index (χ3v) is 3.31. The summed E-state index contributed by atoms with van der Waals surface area (Å²) < 4.78 is 5.06. The van der Waals surface area contributed by atoms with Gasteiger partial charge in [-0.05, 0) is 31.5 Å². The molecule has 112 valence electrons. The number of nitrogens with one attached hydrogen (secondary N) is 1. The minimum Gasteiger partial charge on any atom is -0.387 e. The van der Waals surface area contributed by atoms with Gasteiger partial charge in [-0.3, -0.25) is 10.1 Å². The van der Waals surface area contributed by atoms with Gasteiger partial charge in [-0.2, -0.15) is 0 Å². The smallest absolute Gasteiger partial charge is 0.269 e. The van der Waals surface area contributed by atoms with Crippen LogP contribution in [-0.4, -0.2) is 21.7 Å². The maximum absolute atomic E-state index is 10.6. The van der Waals surface area contributed by atoms with Gasteiger partial charge in [0.05, 0.1) is 16.7 Å². The highest BCUT2D eigenvalue weighted by molar-refractivity contribution is 5.33. The van der Waals surface area contributed by atoms with Crippen LogP contribution in [0.5, 0.6) is 0 Å². The third kappa shape index (κ3) is 3.65. The Morgan fingerprint density at radius 1 is 1.38 bits per heavy atom. The number of nitrogens with zero attached hydrogens (tertiary/aromatic N) is 2. The number of aryl methyl sites for hydroxylation is 2. The lowest BCUT2D eigenvalue weighted by molar-refractivity contribution is -0.384. The van der Waals surface area contributed by atoms with Gasteiger partial charge in [-0.25, -0.2) is 0 Å². The van der Waals surface area contributed by atoms with Crippen LogP contribution in [-0.2, 0) is 6.54 Å². The largest absolute Gasteiger partial charge is 0.387 e. The van der Waals surface area contributed by atoms with Crippen LogP contribution in [0.15, 0.2) is 28.8 Å². The monoisotopic (exact) mass is 291 g/mol. The number of hydrogen-bond donors (Lipinski definition) is 2. The Morgan fingerprint density at radius 2 is 2.05 bits per heavy atom. The topological polar surface area (TPSA) is 101 Å². The van der Waals surface area contributed by atoms with Crippen LogP contribution in [0.3, 0.4) is 0 Å². The van der Waals surface area contributed by atoms with Gasteiger partial charge in [0, 0.05) is 30.8 Å². The summed E-state index contributed by atoms with van der Waals surface area (Å²) in [4.78, 5) is 10.1. The molecule has 0 saturated carbocycles. The standard InChI is InChI=1S/C14H17N3O4/c1-9-13(10(2)21-16-9)7-15-8-14(18)11-3-5-12(6-4-11)17(19)20/h3-6,14-15,18H,7-8H2,1-2H3. The molecule has 2 aromatic rings. The highest BCUT2D eigenvalue weighted by Gasteiger charge is 2.12. The Hall–Kier alpha value is -2.25. The zero-order valence-corrected chi connectivity index (χ0v) is 11.9. The van der Waals surface area contributed by atoms with Crippen molar-refractivity contribution < 1.29 is 14.6 Å². The Balaban J connectivity index is 1.90.